The van der Waals surface area contributed by atoms with Crippen molar-refractivity contribution in [3.05, 3.63) is 88.8 Å². The first kappa shape index (κ1) is 19.4. The summed E-state index contributed by atoms with van der Waals surface area (Å²) >= 11 is 0. The molecule has 7 nitrogen and oxygen atoms in total. The molecule has 156 valence electrons. The molecule has 1 saturated heterocycles. The average molecular weight is 412 g/mol. The van der Waals surface area contributed by atoms with Crippen molar-refractivity contribution in [1.82, 2.24) is 24.9 Å². The molecule has 1 N–H and O–H groups in total. The van der Waals surface area contributed by atoms with Gasteiger partial charge in [-0.25, -0.2) is 15.0 Å². The number of aryl methyl sites for hydroxylation is 1. The van der Waals surface area contributed by atoms with Gasteiger partial charge in [-0.3, -0.25) is 9.36 Å². The second-order valence-corrected chi connectivity index (χ2v) is 7.59. The van der Waals surface area contributed by atoms with Gasteiger partial charge in [-0.15, -0.1) is 0 Å². The molecule has 0 spiro atoms. The number of hydrogen-bond donors (Lipinski definition) is 1. The Balaban J connectivity index is 1.73. The molecule has 3 heterocycles. The van der Waals surface area contributed by atoms with Gasteiger partial charge < -0.3 is 5.32 Å². The minimum Gasteiger partial charge on any atom is -0.314 e. The molecule has 7 heteroatoms. The van der Waals surface area contributed by atoms with Gasteiger partial charge in [-0.2, -0.15) is 4.98 Å². The normalized spacial score (nSPS) is 14.6. The maximum Gasteiger partial charge on any atom is 0.257 e. The molecular weight excluding hydrogens is 388 g/mol. The molecule has 2 aromatic heterocycles. The highest BCUT2D eigenvalue weighted by Gasteiger charge is 2.23. The Morgan fingerprint density at radius 1 is 0.968 bits per heavy atom. The predicted molar refractivity (Wildman–Crippen MR) is 123 cm³/mol. The molecule has 0 saturated carbocycles. The maximum absolute atomic E-state index is 13.0. The summed E-state index contributed by atoms with van der Waals surface area (Å²) < 4.78 is 1.66. The summed E-state index contributed by atoms with van der Waals surface area (Å²) in [5.74, 6) is 0.551. The summed E-state index contributed by atoms with van der Waals surface area (Å²) in [5, 5.41) is 8.56. The summed E-state index contributed by atoms with van der Waals surface area (Å²) in [6, 6.07) is 21.4. The Hall–Kier alpha value is -3.55. The van der Waals surface area contributed by atoms with Crippen LogP contribution >= 0.6 is 0 Å². The highest BCUT2D eigenvalue weighted by atomic mass is 16.1. The first-order chi connectivity index (χ1) is 15.2. The van der Waals surface area contributed by atoms with Crippen LogP contribution in [0.25, 0.3) is 16.7 Å². The topological polar surface area (TPSA) is 66.3 Å². The van der Waals surface area contributed by atoms with Gasteiger partial charge in [0.2, 0.25) is 5.95 Å². The van der Waals surface area contributed by atoms with Crippen molar-refractivity contribution >= 4 is 22.7 Å². The number of benzene rings is 2. The van der Waals surface area contributed by atoms with Gasteiger partial charge in [0.25, 0.3) is 5.56 Å². The van der Waals surface area contributed by atoms with Gasteiger partial charge in [0.15, 0.2) is 5.65 Å². The van der Waals surface area contributed by atoms with Gasteiger partial charge in [0, 0.05) is 43.8 Å². The Labute approximate surface area is 180 Å². The zero-order valence-corrected chi connectivity index (χ0v) is 17.4. The fourth-order valence-corrected chi connectivity index (χ4v) is 4.00. The van der Waals surface area contributed by atoms with Gasteiger partial charge in [-0.1, -0.05) is 36.4 Å². The van der Waals surface area contributed by atoms with E-state index in [9.17, 15) is 4.79 Å². The van der Waals surface area contributed by atoms with Gasteiger partial charge in [0.05, 0.1) is 11.4 Å². The van der Waals surface area contributed by atoms with Crippen molar-refractivity contribution in [2.24, 2.45) is 0 Å². The number of pyridine rings is 1. The van der Waals surface area contributed by atoms with Gasteiger partial charge in [0.1, 0.15) is 0 Å². The van der Waals surface area contributed by atoms with Crippen LogP contribution in [-0.2, 0) is 0 Å². The third-order valence-electron chi connectivity index (χ3n) is 5.53. The number of rotatable bonds is 4. The number of nitrogens with one attached hydrogen (secondary N) is 1. The minimum atomic E-state index is -0.103. The molecule has 5 rings (SSSR count). The lowest BCUT2D eigenvalue weighted by Crippen LogP contribution is -2.51. The van der Waals surface area contributed by atoms with E-state index in [2.05, 4.69) is 27.5 Å². The predicted octanol–water partition coefficient (Wildman–Crippen LogP) is 3.05. The first-order valence-corrected chi connectivity index (χ1v) is 10.5. The van der Waals surface area contributed by atoms with Crippen LogP contribution in [0.2, 0.25) is 0 Å². The van der Waals surface area contributed by atoms with Gasteiger partial charge >= 0.3 is 0 Å². The van der Waals surface area contributed by atoms with Crippen LogP contribution in [0.3, 0.4) is 0 Å². The molecule has 0 unspecified atom stereocenters. The van der Waals surface area contributed by atoms with E-state index in [1.807, 2.05) is 61.7 Å². The molecule has 1 fully saturated rings. The molecule has 31 heavy (non-hydrogen) atoms. The molecule has 0 aliphatic carbocycles. The van der Waals surface area contributed by atoms with Crippen LogP contribution in [0.4, 0.5) is 11.6 Å². The van der Waals surface area contributed by atoms with E-state index in [4.69, 9.17) is 9.97 Å². The fourth-order valence-electron chi connectivity index (χ4n) is 4.00. The second-order valence-electron chi connectivity index (χ2n) is 7.59. The summed E-state index contributed by atoms with van der Waals surface area (Å²) in [6.45, 7) is 5.40. The van der Waals surface area contributed by atoms with Crippen LogP contribution in [0.15, 0.2) is 77.7 Å². The lowest BCUT2D eigenvalue weighted by atomic mass is 10.2. The van der Waals surface area contributed by atoms with Crippen LogP contribution in [0.5, 0.6) is 0 Å². The lowest BCUT2D eigenvalue weighted by molar-refractivity contribution is 0.240. The van der Waals surface area contributed by atoms with Gasteiger partial charge in [-0.05, 0) is 36.8 Å². The third-order valence-corrected chi connectivity index (χ3v) is 5.53. The molecule has 1 aliphatic rings. The largest absolute Gasteiger partial charge is 0.314 e. The molecule has 0 bridgehead atoms. The van der Waals surface area contributed by atoms with E-state index in [0.29, 0.717) is 11.6 Å². The van der Waals surface area contributed by atoms with Crippen LogP contribution < -0.4 is 15.9 Å². The Morgan fingerprint density at radius 2 is 1.65 bits per heavy atom. The van der Waals surface area contributed by atoms with Crippen molar-refractivity contribution in [2.45, 2.75) is 6.92 Å². The van der Waals surface area contributed by atoms with Crippen LogP contribution in [0, 0.1) is 6.92 Å². The molecule has 1 aliphatic heterocycles. The Morgan fingerprint density at radius 3 is 2.35 bits per heavy atom. The molecule has 0 atom stereocenters. The van der Waals surface area contributed by atoms with Crippen molar-refractivity contribution in [2.75, 3.05) is 31.2 Å². The van der Waals surface area contributed by atoms with Crippen molar-refractivity contribution in [3.63, 3.8) is 0 Å². The standard InChI is InChI=1S/C24H24N6O/c1-18-16-22(31)29(19-8-4-2-5-9-19)23-21(18)17-26-24(27-23)30(20-10-6-3-7-11-20)28-14-12-25-13-15-28/h2-11,16-17,25H,12-15H2,1H3. The van der Waals surface area contributed by atoms with E-state index in [0.717, 1.165) is 48.5 Å². The number of nitrogens with zero attached hydrogens (tertiary/aromatic N) is 5. The first-order valence-electron chi connectivity index (χ1n) is 10.5. The number of hydrazine groups is 1. The molecule has 2 aromatic carbocycles. The highest BCUT2D eigenvalue weighted by Crippen LogP contribution is 2.27. The highest BCUT2D eigenvalue weighted by molar-refractivity contribution is 5.81. The van der Waals surface area contributed by atoms with E-state index < -0.39 is 0 Å². The van der Waals surface area contributed by atoms with E-state index in [1.54, 1.807) is 10.6 Å². The summed E-state index contributed by atoms with van der Waals surface area (Å²) in [6.07, 6.45) is 1.82. The average Bonchev–Trinajstić information content (AvgIpc) is 2.81. The van der Waals surface area contributed by atoms with Crippen molar-refractivity contribution in [1.29, 1.82) is 0 Å². The zero-order valence-electron chi connectivity index (χ0n) is 17.4. The number of fused-ring (bicyclic) bond motifs is 1. The zero-order chi connectivity index (χ0) is 21.2. The number of piperazine rings is 1. The quantitative estimate of drug-likeness (QED) is 0.556. The van der Waals surface area contributed by atoms with E-state index in [1.165, 1.54) is 0 Å². The third kappa shape index (κ3) is 3.69. The smallest absolute Gasteiger partial charge is 0.257 e. The van der Waals surface area contributed by atoms with Crippen LogP contribution in [-0.4, -0.2) is 45.7 Å². The number of hydrogen-bond acceptors (Lipinski definition) is 6. The maximum atomic E-state index is 13.0. The fraction of sp³-hybridized carbons (Fsp3) is 0.208. The second kappa shape index (κ2) is 8.29. The molecule has 4 aromatic rings. The Bertz CT molecular complexity index is 1250. The SMILES string of the molecule is Cc1cc(=O)n(-c2ccccc2)c2nc(N(c3ccccc3)N3CCNCC3)ncc12. The minimum absolute atomic E-state index is 0.103. The monoisotopic (exact) mass is 412 g/mol. The van der Waals surface area contributed by atoms with E-state index >= 15 is 0 Å². The van der Waals surface area contributed by atoms with Crippen molar-refractivity contribution in [3.8, 4) is 5.69 Å². The Kier molecular flexibility index (Phi) is 5.19. The molecule has 0 radical (unpaired) electrons. The molecular formula is C24H24N6O. The lowest BCUT2D eigenvalue weighted by Gasteiger charge is -2.37. The summed E-state index contributed by atoms with van der Waals surface area (Å²) in [7, 11) is 0. The van der Waals surface area contributed by atoms with Crippen molar-refractivity contribution < 1.29 is 0 Å². The summed E-state index contributed by atoms with van der Waals surface area (Å²) in [4.78, 5) is 22.6. The molecule has 0 amide bonds. The number of aromatic nitrogens is 3. The number of anilines is 2. The number of para-hydroxylation sites is 2. The van der Waals surface area contributed by atoms with Crippen LogP contribution in [0.1, 0.15) is 5.56 Å². The summed E-state index contributed by atoms with van der Waals surface area (Å²) in [5.41, 5.74) is 3.15. The van der Waals surface area contributed by atoms with E-state index in [-0.39, 0.29) is 5.56 Å².